The molecule has 0 spiro atoms. The Hall–Kier alpha value is -1.91. The van der Waals surface area contributed by atoms with E-state index in [2.05, 4.69) is 0 Å². The number of carboxylic acids is 1. The van der Waals surface area contributed by atoms with Crippen LogP contribution in [-0.4, -0.2) is 16.0 Å². The number of nitrogens with zero attached hydrogens (tertiary/aromatic N) is 1. The third kappa shape index (κ3) is 3.55. The lowest BCUT2D eigenvalue weighted by Gasteiger charge is -2.27. The third-order valence-corrected chi connectivity index (χ3v) is 2.93. The monoisotopic (exact) mass is 251 g/mol. The third-order valence-electron chi connectivity index (χ3n) is 2.93. The minimum absolute atomic E-state index is 0.0152. The Balaban J connectivity index is 2.89. The number of aliphatic carboxylic acids is 1. The number of carbonyl (C=O) groups is 1. The van der Waals surface area contributed by atoms with Gasteiger partial charge in [-0.3, -0.25) is 14.9 Å². The van der Waals surface area contributed by atoms with Gasteiger partial charge in [-0.25, -0.2) is 0 Å². The van der Waals surface area contributed by atoms with E-state index >= 15 is 0 Å². The lowest BCUT2D eigenvalue weighted by molar-refractivity contribution is -0.384. The molecule has 1 N–H and O–H groups in total. The molecule has 1 rings (SSSR count). The average molecular weight is 251 g/mol. The van der Waals surface area contributed by atoms with Gasteiger partial charge in [-0.05, 0) is 17.4 Å². The number of nitro groups is 1. The molecule has 0 radical (unpaired) electrons. The van der Waals surface area contributed by atoms with Crippen LogP contribution >= 0.6 is 0 Å². The van der Waals surface area contributed by atoms with E-state index in [4.69, 9.17) is 0 Å². The Morgan fingerprint density at radius 2 is 1.83 bits per heavy atom. The highest BCUT2D eigenvalue weighted by molar-refractivity contribution is 5.71. The highest BCUT2D eigenvalue weighted by Gasteiger charge is 2.31. The fourth-order valence-electron chi connectivity index (χ4n) is 1.75. The molecule has 5 nitrogen and oxygen atoms in total. The van der Waals surface area contributed by atoms with E-state index in [0.717, 1.165) is 5.56 Å². The van der Waals surface area contributed by atoms with Crippen LogP contribution < -0.4 is 0 Å². The summed E-state index contributed by atoms with van der Waals surface area (Å²) in [6.07, 6.45) is 0.372. The van der Waals surface area contributed by atoms with Crippen LogP contribution in [0, 0.1) is 21.4 Å². The zero-order chi connectivity index (χ0) is 13.9. The number of hydrogen-bond donors (Lipinski definition) is 1. The van der Waals surface area contributed by atoms with Crippen molar-refractivity contribution in [2.75, 3.05) is 0 Å². The van der Waals surface area contributed by atoms with Gasteiger partial charge in [0.2, 0.25) is 0 Å². The van der Waals surface area contributed by atoms with E-state index in [-0.39, 0.29) is 11.1 Å². The van der Waals surface area contributed by atoms with Crippen LogP contribution in [0.4, 0.5) is 5.69 Å². The predicted octanol–water partition coefficient (Wildman–Crippen LogP) is 2.88. The summed E-state index contributed by atoms with van der Waals surface area (Å²) in [5.74, 6) is -1.36. The lowest BCUT2D eigenvalue weighted by atomic mass is 9.77. The molecule has 0 heterocycles. The van der Waals surface area contributed by atoms with Crippen LogP contribution in [0.3, 0.4) is 0 Å². The van der Waals surface area contributed by atoms with E-state index < -0.39 is 16.8 Å². The second-order valence-electron chi connectivity index (χ2n) is 5.38. The first-order valence-electron chi connectivity index (χ1n) is 5.68. The van der Waals surface area contributed by atoms with E-state index in [0.29, 0.717) is 6.42 Å². The minimum atomic E-state index is -0.846. The quantitative estimate of drug-likeness (QED) is 0.659. The van der Waals surface area contributed by atoms with E-state index in [9.17, 15) is 20.0 Å². The molecule has 0 aliphatic heterocycles. The maximum atomic E-state index is 11.2. The van der Waals surface area contributed by atoms with Crippen LogP contribution in [0.2, 0.25) is 0 Å². The van der Waals surface area contributed by atoms with Crippen molar-refractivity contribution in [2.45, 2.75) is 27.2 Å². The van der Waals surface area contributed by atoms with Gasteiger partial charge in [0, 0.05) is 12.1 Å². The molecule has 5 heteroatoms. The van der Waals surface area contributed by atoms with Crippen LogP contribution in [0.1, 0.15) is 26.3 Å². The average Bonchev–Trinajstić information content (AvgIpc) is 2.24. The zero-order valence-corrected chi connectivity index (χ0v) is 10.7. The summed E-state index contributed by atoms with van der Waals surface area (Å²) in [6, 6.07) is 6.02. The molecule has 98 valence electrons. The topological polar surface area (TPSA) is 80.4 Å². The highest BCUT2D eigenvalue weighted by atomic mass is 16.6. The SMILES string of the molecule is CC(C)(C)C(Cc1ccc([N+](=O)[O-])cc1)C(=O)O. The summed E-state index contributed by atoms with van der Waals surface area (Å²) in [6.45, 7) is 5.62. The van der Waals surface area contributed by atoms with Gasteiger partial charge in [0.15, 0.2) is 0 Å². The molecule has 1 aromatic rings. The number of benzene rings is 1. The van der Waals surface area contributed by atoms with E-state index in [1.165, 1.54) is 12.1 Å². The Kier molecular flexibility index (Phi) is 4.06. The Morgan fingerprint density at radius 3 is 2.17 bits per heavy atom. The normalized spacial score (nSPS) is 13.1. The predicted molar refractivity (Wildman–Crippen MR) is 67.4 cm³/mol. The number of hydrogen-bond acceptors (Lipinski definition) is 3. The van der Waals surface area contributed by atoms with Gasteiger partial charge in [-0.15, -0.1) is 0 Å². The van der Waals surface area contributed by atoms with Crippen molar-refractivity contribution < 1.29 is 14.8 Å². The molecule has 1 aromatic carbocycles. The summed E-state index contributed by atoms with van der Waals surface area (Å²) in [5, 5.41) is 19.7. The van der Waals surface area contributed by atoms with Crippen molar-refractivity contribution in [3.8, 4) is 0 Å². The molecular weight excluding hydrogens is 234 g/mol. The number of nitro benzene ring substituents is 1. The summed E-state index contributed by atoms with van der Waals surface area (Å²) in [4.78, 5) is 21.3. The molecule has 0 saturated heterocycles. The van der Waals surface area contributed by atoms with Crippen molar-refractivity contribution in [1.29, 1.82) is 0 Å². The van der Waals surface area contributed by atoms with Crippen molar-refractivity contribution in [3.63, 3.8) is 0 Å². The minimum Gasteiger partial charge on any atom is -0.481 e. The largest absolute Gasteiger partial charge is 0.481 e. The molecule has 0 aliphatic carbocycles. The number of carboxylic acid groups (broad SMARTS) is 1. The smallest absolute Gasteiger partial charge is 0.307 e. The fraction of sp³-hybridized carbons (Fsp3) is 0.462. The number of rotatable bonds is 4. The molecule has 0 saturated carbocycles. The standard InChI is InChI=1S/C13H17NO4/c1-13(2,3)11(12(15)16)8-9-4-6-10(7-5-9)14(17)18/h4-7,11H,8H2,1-3H3,(H,15,16). The van der Waals surface area contributed by atoms with Crippen molar-refractivity contribution in [3.05, 3.63) is 39.9 Å². The lowest BCUT2D eigenvalue weighted by Crippen LogP contribution is -2.30. The van der Waals surface area contributed by atoms with Gasteiger partial charge < -0.3 is 5.11 Å². The van der Waals surface area contributed by atoms with Gasteiger partial charge in [0.05, 0.1) is 10.8 Å². The molecule has 1 atom stereocenters. The molecule has 0 aromatic heterocycles. The molecule has 0 aliphatic rings. The van der Waals surface area contributed by atoms with E-state index in [1.807, 2.05) is 20.8 Å². The van der Waals surface area contributed by atoms with Gasteiger partial charge in [-0.1, -0.05) is 32.9 Å². The summed E-state index contributed by atoms with van der Waals surface area (Å²) in [5.41, 5.74) is 0.456. The second-order valence-corrected chi connectivity index (χ2v) is 5.38. The molecule has 0 fully saturated rings. The first-order chi connectivity index (χ1) is 8.21. The van der Waals surface area contributed by atoms with Crippen molar-refractivity contribution in [1.82, 2.24) is 0 Å². The maximum absolute atomic E-state index is 11.2. The molecule has 0 bridgehead atoms. The zero-order valence-electron chi connectivity index (χ0n) is 10.7. The maximum Gasteiger partial charge on any atom is 0.307 e. The van der Waals surface area contributed by atoms with Crippen LogP contribution in [0.5, 0.6) is 0 Å². The fourth-order valence-corrected chi connectivity index (χ4v) is 1.75. The summed E-state index contributed by atoms with van der Waals surface area (Å²) >= 11 is 0. The second kappa shape index (κ2) is 5.16. The van der Waals surface area contributed by atoms with Crippen LogP contribution in [0.25, 0.3) is 0 Å². The molecular formula is C13H17NO4. The van der Waals surface area contributed by atoms with Gasteiger partial charge >= 0.3 is 5.97 Å². The Bertz CT molecular complexity index is 445. The van der Waals surface area contributed by atoms with E-state index in [1.54, 1.807) is 12.1 Å². The van der Waals surface area contributed by atoms with Gasteiger partial charge in [0.1, 0.15) is 0 Å². The molecule has 1 unspecified atom stereocenters. The van der Waals surface area contributed by atoms with Crippen LogP contribution in [-0.2, 0) is 11.2 Å². The van der Waals surface area contributed by atoms with Crippen molar-refractivity contribution >= 4 is 11.7 Å². The summed E-state index contributed by atoms with van der Waals surface area (Å²) < 4.78 is 0. The summed E-state index contributed by atoms with van der Waals surface area (Å²) in [7, 11) is 0. The Labute approximate surface area is 106 Å². The van der Waals surface area contributed by atoms with Gasteiger partial charge in [0.25, 0.3) is 5.69 Å². The highest BCUT2D eigenvalue weighted by Crippen LogP contribution is 2.29. The van der Waals surface area contributed by atoms with Gasteiger partial charge in [-0.2, -0.15) is 0 Å². The van der Waals surface area contributed by atoms with Crippen molar-refractivity contribution in [2.24, 2.45) is 11.3 Å². The van der Waals surface area contributed by atoms with Crippen LogP contribution in [0.15, 0.2) is 24.3 Å². The Morgan fingerprint density at radius 1 is 1.33 bits per heavy atom. The molecule has 0 amide bonds. The first-order valence-corrected chi connectivity index (χ1v) is 5.68. The number of non-ortho nitro benzene ring substituents is 1. The molecule has 18 heavy (non-hydrogen) atoms. The first kappa shape index (κ1) is 14.2.